The molecule has 7 aromatic rings. The van der Waals surface area contributed by atoms with Crippen LogP contribution in [0.2, 0.25) is 0 Å². The van der Waals surface area contributed by atoms with E-state index in [1.807, 2.05) is 0 Å². The molecule has 0 saturated heterocycles. The van der Waals surface area contributed by atoms with E-state index in [4.69, 9.17) is 0 Å². The largest absolute Gasteiger partial charge is 0.310 e. The topological polar surface area (TPSA) is 3.24 Å². The molecule has 0 N–H and O–H groups in total. The summed E-state index contributed by atoms with van der Waals surface area (Å²) in [5, 5.41) is 7.87. The van der Waals surface area contributed by atoms with Crippen LogP contribution in [0, 0.1) is 6.92 Å². The number of aryl methyl sites for hydroxylation is 1. The molecule has 0 fully saturated rings. The van der Waals surface area contributed by atoms with Crippen molar-refractivity contribution in [3.05, 3.63) is 150 Å². The molecule has 0 saturated carbocycles. The van der Waals surface area contributed by atoms with Crippen molar-refractivity contribution < 1.29 is 0 Å². The maximum atomic E-state index is 2.43. The first-order chi connectivity index (χ1) is 20.0. The molecule has 0 aromatic heterocycles. The molecular weight excluding hydrogens is 494 g/mol. The quantitative estimate of drug-likeness (QED) is 0.207. The summed E-state index contributed by atoms with van der Waals surface area (Å²) in [5.41, 5.74) is 10.2. The van der Waals surface area contributed by atoms with E-state index in [1.165, 1.54) is 71.5 Å². The predicted octanol–water partition coefficient (Wildman–Crippen LogP) is 11.2. The molecule has 0 spiro atoms. The first-order valence-corrected chi connectivity index (χ1v) is 14.5. The van der Waals surface area contributed by atoms with Gasteiger partial charge in [-0.1, -0.05) is 98.8 Å². The number of benzene rings is 7. The minimum absolute atomic E-state index is 0.117. The number of anilines is 3. The van der Waals surface area contributed by atoms with Crippen LogP contribution < -0.4 is 4.90 Å². The number of nitrogens with zero attached hydrogens (tertiary/aromatic N) is 1. The average molecular weight is 526 g/mol. The van der Waals surface area contributed by atoms with E-state index in [9.17, 15) is 0 Å². The van der Waals surface area contributed by atoms with E-state index < -0.39 is 0 Å². The van der Waals surface area contributed by atoms with Gasteiger partial charge in [0, 0.05) is 22.5 Å². The summed E-state index contributed by atoms with van der Waals surface area (Å²) in [6.45, 7) is 6.96. The summed E-state index contributed by atoms with van der Waals surface area (Å²) >= 11 is 0. The molecule has 8 rings (SSSR count). The zero-order chi connectivity index (χ0) is 27.7. The van der Waals surface area contributed by atoms with Crippen LogP contribution in [0.5, 0.6) is 0 Å². The molecule has 196 valence electrons. The van der Waals surface area contributed by atoms with Gasteiger partial charge in [-0.3, -0.25) is 0 Å². The zero-order valence-corrected chi connectivity index (χ0v) is 23.6. The van der Waals surface area contributed by atoms with Gasteiger partial charge >= 0.3 is 0 Å². The number of fused-ring (bicyclic) bond motifs is 9. The Morgan fingerprint density at radius 2 is 1.15 bits per heavy atom. The maximum absolute atomic E-state index is 2.43. The van der Waals surface area contributed by atoms with Gasteiger partial charge in [0.05, 0.1) is 0 Å². The van der Waals surface area contributed by atoms with Gasteiger partial charge in [0.15, 0.2) is 0 Å². The Hall–Kier alpha value is -4.88. The van der Waals surface area contributed by atoms with E-state index in [2.05, 4.69) is 159 Å². The Morgan fingerprint density at radius 3 is 1.93 bits per heavy atom. The van der Waals surface area contributed by atoms with Crippen molar-refractivity contribution in [3.63, 3.8) is 0 Å². The van der Waals surface area contributed by atoms with Gasteiger partial charge in [-0.15, -0.1) is 0 Å². The second kappa shape index (κ2) is 8.81. The third kappa shape index (κ3) is 3.55. The lowest BCUT2D eigenvalue weighted by atomic mass is 9.79. The second-order valence-electron chi connectivity index (χ2n) is 11.9. The minimum atomic E-state index is -0.117. The Labute approximate surface area is 241 Å². The van der Waals surface area contributed by atoms with Crippen LogP contribution in [0.3, 0.4) is 0 Å². The Morgan fingerprint density at radius 1 is 0.488 bits per heavy atom. The molecule has 1 aliphatic carbocycles. The Balaban J connectivity index is 1.44. The first-order valence-electron chi connectivity index (χ1n) is 14.5. The van der Waals surface area contributed by atoms with Gasteiger partial charge in [0.2, 0.25) is 0 Å². The number of hydrogen-bond donors (Lipinski definition) is 0. The lowest BCUT2D eigenvalue weighted by Gasteiger charge is -2.28. The molecule has 0 unspecified atom stereocenters. The fourth-order valence-electron chi connectivity index (χ4n) is 7.14. The third-order valence-corrected chi connectivity index (χ3v) is 9.00. The van der Waals surface area contributed by atoms with Gasteiger partial charge < -0.3 is 4.90 Å². The summed E-state index contributed by atoms with van der Waals surface area (Å²) in [6.07, 6.45) is 0. The Kier molecular flexibility index (Phi) is 5.15. The van der Waals surface area contributed by atoms with Crippen molar-refractivity contribution in [1.29, 1.82) is 0 Å². The van der Waals surface area contributed by atoms with E-state index in [1.54, 1.807) is 0 Å². The van der Waals surface area contributed by atoms with E-state index in [-0.39, 0.29) is 5.41 Å². The van der Waals surface area contributed by atoms with Crippen LogP contribution in [0.25, 0.3) is 43.4 Å². The molecule has 0 aliphatic heterocycles. The SMILES string of the molecule is Cc1cccc(N(c2ccccc2)c2ccc3c4c(c5ccccc5c3c2)-c2cc3ccccc3cc2C4(C)C)c1. The molecule has 0 radical (unpaired) electrons. The van der Waals surface area contributed by atoms with Crippen molar-refractivity contribution in [3.8, 4) is 11.1 Å². The highest BCUT2D eigenvalue weighted by Gasteiger charge is 2.38. The van der Waals surface area contributed by atoms with E-state index >= 15 is 0 Å². The van der Waals surface area contributed by atoms with Crippen molar-refractivity contribution in [2.24, 2.45) is 0 Å². The van der Waals surface area contributed by atoms with E-state index in [0.29, 0.717) is 0 Å². The highest BCUT2D eigenvalue weighted by atomic mass is 15.1. The highest BCUT2D eigenvalue weighted by molar-refractivity contribution is 6.19. The summed E-state index contributed by atoms with van der Waals surface area (Å²) < 4.78 is 0. The van der Waals surface area contributed by atoms with Crippen LogP contribution in [-0.4, -0.2) is 0 Å². The molecule has 0 amide bonds. The average Bonchev–Trinajstić information content (AvgIpc) is 3.23. The molecule has 1 aliphatic rings. The van der Waals surface area contributed by atoms with Gasteiger partial charge in [-0.25, -0.2) is 0 Å². The molecule has 1 heteroatoms. The molecule has 0 heterocycles. The third-order valence-electron chi connectivity index (χ3n) is 9.00. The number of hydrogen-bond acceptors (Lipinski definition) is 1. The summed E-state index contributed by atoms with van der Waals surface area (Å²) in [4.78, 5) is 2.38. The van der Waals surface area contributed by atoms with Gasteiger partial charge in [0.1, 0.15) is 0 Å². The number of para-hydroxylation sites is 1. The minimum Gasteiger partial charge on any atom is -0.310 e. The first kappa shape index (κ1) is 24.0. The van der Waals surface area contributed by atoms with Gasteiger partial charge in [0.25, 0.3) is 0 Å². The Bertz CT molecular complexity index is 2140. The highest BCUT2D eigenvalue weighted by Crippen LogP contribution is 2.55. The van der Waals surface area contributed by atoms with Crippen LogP contribution in [0.1, 0.15) is 30.5 Å². The molecule has 0 bridgehead atoms. The molecule has 41 heavy (non-hydrogen) atoms. The smallest absolute Gasteiger partial charge is 0.0468 e. The normalized spacial score (nSPS) is 13.4. The standard InChI is InChI=1S/C40H31N/c1-26-12-11-17-30(22-26)41(29-15-5-4-6-16-29)31-20-21-34-35(25-31)32-18-9-10-19-33(32)38-36-23-27-13-7-8-14-28(27)24-37(36)40(2,3)39(34)38/h4-25H,1-3H3. The summed E-state index contributed by atoms with van der Waals surface area (Å²) in [6, 6.07) is 49.1. The van der Waals surface area contributed by atoms with E-state index in [0.717, 1.165) is 5.69 Å². The molecular formula is C40H31N. The molecule has 1 nitrogen and oxygen atoms in total. The van der Waals surface area contributed by atoms with Crippen molar-refractivity contribution in [1.82, 2.24) is 0 Å². The molecule has 0 atom stereocenters. The van der Waals surface area contributed by atoms with Crippen LogP contribution >= 0.6 is 0 Å². The zero-order valence-electron chi connectivity index (χ0n) is 23.6. The van der Waals surface area contributed by atoms with Crippen LogP contribution in [-0.2, 0) is 5.41 Å². The maximum Gasteiger partial charge on any atom is 0.0468 e. The van der Waals surface area contributed by atoms with Gasteiger partial charge in [-0.05, 0) is 116 Å². The van der Waals surface area contributed by atoms with Crippen LogP contribution in [0.15, 0.2) is 133 Å². The number of rotatable bonds is 3. The monoisotopic (exact) mass is 525 g/mol. The lowest BCUT2D eigenvalue weighted by molar-refractivity contribution is 0.667. The van der Waals surface area contributed by atoms with Crippen molar-refractivity contribution >= 4 is 49.4 Å². The lowest BCUT2D eigenvalue weighted by Crippen LogP contribution is -2.16. The molecule has 7 aromatic carbocycles. The summed E-state index contributed by atoms with van der Waals surface area (Å²) in [7, 11) is 0. The fourth-order valence-corrected chi connectivity index (χ4v) is 7.14. The fraction of sp³-hybridized carbons (Fsp3) is 0.100. The van der Waals surface area contributed by atoms with Gasteiger partial charge in [-0.2, -0.15) is 0 Å². The predicted molar refractivity (Wildman–Crippen MR) is 176 cm³/mol. The van der Waals surface area contributed by atoms with Crippen molar-refractivity contribution in [2.45, 2.75) is 26.2 Å². The second-order valence-corrected chi connectivity index (χ2v) is 11.9. The summed E-state index contributed by atoms with van der Waals surface area (Å²) in [5.74, 6) is 0. The van der Waals surface area contributed by atoms with Crippen molar-refractivity contribution in [2.75, 3.05) is 4.90 Å². The van der Waals surface area contributed by atoms with Crippen LogP contribution in [0.4, 0.5) is 17.1 Å².